The summed E-state index contributed by atoms with van der Waals surface area (Å²) in [6.45, 7) is 5.97. The number of ether oxygens (including phenoxy) is 1. The molecular formula is C15H23NO. The minimum Gasteiger partial charge on any atom is -0.384 e. The summed E-state index contributed by atoms with van der Waals surface area (Å²) in [4.78, 5) is 0. The number of hydrogen-bond acceptors (Lipinski definition) is 2. The van der Waals surface area contributed by atoms with Gasteiger partial charge >= 0.3 is 0 Å². The molecule has 1 aromatic carbocycles. The van der Waals surface area contributed by atoms with Crippen molar-refractivity contribution in [1.82, 2.24) is 0 Å². The lowest BCUT2D eigenvalue weighted by molar-refractivity contribution is 0.146. The van der Waals surface area contributed by atoms with Crippen molar-refractivity contribution in [2.45, 2.75) is 37.5 Å². The van der Waals surface area contributed by atoms with E-state index in [9.17, 15) is 0 Å². The third-order valence-electron chi connectivity index (χ3n) is 3.98. The maximum Gasteiger partial charge on any atom is 0.0553 e. The van der Waals surface area contributed by atoms with Gasteiger partial charge in [0.25, 0.3) is 0 Å². The Balaban J connectivity index is 2.41. The number of rotatable bonds is 5. The highest BCUT2D eigenvalue weighted by atomic mass is 16.5. The summed E-state index contributed by atoms with van der Waals surface area (Å²) in [7, 11) is 1.76. The molecule has 0 saturated heterocycles. The fraction of sp³-hybridized carbons (Fsp3) is 0.600. The van der Waals surface area contributed by atoms with Crippen LogP contribution in [0.15, 0.2) is 24.3 Å². The average Bonchev–Trinajstić information content (AvgIpc) is 3.10. The molecule has 0 radical (unpaired) electrons. The number of nitrogens with two attached hydrogens (primary N) is 1. The smallest absolute Gasteiger partial charge is 0.0553 e. The van der Waals surface area contributed by atoms with Crippen LogP contribution >= 0.6 is 0 Å². The van der Waals surface area contributed by atoms with Gasteiger partial charge in [0.2, 0.25) is 0 Å². The summed E-state index contributed by atoms with van der Waals surface area (Å²) in [5.41, 5.74) is 9.09. The zero-order valence-corrected chi connectivity index (χ0v) is 11.1. The van der Waals surface area contributed by atoms with Gasteiger partial charge < -0.3 is 10.5 Å². The summed E-state index contributed by atoms with van der Waals surface area (Å²) in [6.07, 6.45) is 2.45. The largest absolute Gasteiger partial charge is 0.384 e. The molecule has 1 aromatic rings. The molecule has 2 heteroatoms. The molecule has 0 aromatic heterocycles. The van der Waals surface area contributed by atoms with Gasteiger partial charge in [0.1, 0.15) is 0 Å². The van der Waals surface area contributed by atoms with E-state index in [1.165, 1.54) is 24.0 Å². The molecule has 0 amide bonds. The second kappa shape index (κ2) is 4.43. The van der Waals surface area contributed by atoms with Crippen LogP contribution in [0, 0.1) is 0 Å². The Bertz CT molecular complexity index is 394. The molecule has 0 spiro atoms. The average molecular weight is 233 g/mol. The zero-order chi connectivity index (χ0) is 12.5. The molecular weight excluding hydrogens is 210 g/mol. The molecule has 0 heterocycles. The summed E-state index contributed by atoms with van der Waals surface area (Å²) in [5, 5.41) is 0. The first-order valence-corrected chi connectivity index (χ1v) is 6.35. The lowest BCUT2D eigenvalue weighted by atomic mass is 9.78. The quantitative estimate of drug-likeness (QED) is 0.848. The fourth-order valence-corrected chi connectivity index (χ4v) is 2.71. The van der Waals surface area contributed by atoms with Crippen LogP contribution in [-0.4, -0.2) is 20.3 Å². The van der Waals surface area contributed by atoms with Crippen LogP contribution in [-0.2, 0) is 15.6 Å². The van der Waals surface area contributed by atoms with Crippen molar-refractivity contribution in [3.05, 3.63) is 35.4 Å². The van der Waals surface area contributed by atoms with Crippen molar-refractivity contribution in [2.24, 2.45) is 5.73 Å². The van der Waals surface area contributed by atoms with Gasteiger partial charge in [-0.15, -0.1) is 0 Å². The Morgan fingerprint density at radius 1 is 1.29 bits per heavy atom. The van der Waals surface area contributed by atoms with E-state index in [1.807, 2.05) is 0 Å². The van der Waals surface area contributed by atoms with E-state index in [2.05, 4.69) is 38.1 Å². The summed E-state index contributed by atoms with van der Waals surface area (Å²) in [5.74, 6) is 0. The lowest BCUT2D eigenvalue weighted by Crippen LogP contribution is -2.29. The number of methoxy groups -OCH3 is 1. The topological polar surface area (TPSA) is 35.2 Å². The molecule has 1 aliphatic carbocycles. The first-order valence-electron chi connectivity index (χ1n) is 6.35. The van der Waals surface area contributed by atoms with E-state index >= 15 is 0 Å². The maximum absolute atomic E-state index is 5.96. The van der Waals surface area contributed by atoms with Crippen molar-refractivity contribution in [2.75, 3.05) is 20.3 Å². The van der Waals surface area contributed by atoms with Crippen molar-refractivity contribution in [1.29, 1.82) is 0 Å². The fourth-order valence-electron chi connectivity index (χ4n) is 2.71. The Morgan fingerprint density at radius 3 is 2.47 bits per heavy atom. The second-order valence-electron chi connectivity index (χ2n) is 5.85. The zero-order valence-electron chi connectivity index (χ0n) is 11.1. The van der Waals surface area contributed by atoms with Gasteiger partial charge in [-0.1, -0.05) is 38.1 Å². The predicted molar refractivity (Wildman–Crippen MR) is 71.3 cm³/mol. The highest BCUT2D eigenvalue weighted by molar-refractivity contribution is 5.42. The van der Waals surface area contributed by atoms with Crippen LogP contribution < -0.4 is 5.73 Å². The van der Waals surface area contributed by atoms with E-state index < -0.39 is 0 Å². The number of benzene rings is 1. The van der Waals surface area contributed by atoms with Crippen molar-refractivity contribution < 1.29 is 4.74 Å². The Labute approximate surface area is 104 Å². The molecule has 2 N–H and O–H groups in total. The Kier molecular flexibility index (Phi) is 3.28. The SMILES string of the molecule is COCC(C)(C)c1ccccc1C1(CN)CC1. The molecule has 1 fully saturated rings. The van der Waals surface area contributed by atoms with Crippen molar-refractivity contribution in [3.8, 4) is 0 Å². The van der Waals surface area contributed by atoms with Crippen LogP contribution in [0.2, 0.25) is 0 Å². The van der Waals surface area contributed by atoms with E-state index in [1.54, 1.807) is 7.11 Å². The van der Waals surface area contributed by atoms with Gasteiger partial charge in [-0.2, -0.15) is 0 Å². The Morgan fingerprint density at radius 2 is 1.94 bits per heavy atom. The maximum atomic E-state index is 5.96. The van der Waals surface area contributed by atoms with Gasteiger partial charge in [-0.25, -0.2) is 0 Å². The molecule has 1 saturated carbocycles. The third kappa shape index (κ3) is 2.24. The highest BCUT2D eigenvalue weighted by Gasteiger charge is 2.45. The molecule has 94 valence electrons. The molecule has 17 heavy (non-hydrogen) atoms. The van der Waals surface area contributed by atoms with Gasteiger partial charge in [-0.05, 0) is 24.0 Å². The molecule has 2 nitrogen and oxygen atoms in total. The summed E-state index contributed by atoms with van der Waals surface area (Å²) >= 11 is 0. The molecule has 0 atom stereocenters. The number of hydrogen-bond donors (Lipinski definition) is 1. The minimum absolute atomic E-state index is 0.0517. The van der Waals surface area contributed by atoms with Gasteiger partial charge in [0, 0.05) is 24.5 Å². The normalized spacial score (nSPS) is 18.1. The second-order valence-corrected chi connectivity index (χ2v) is 5.85. The van der Waals surface area contributed by atoms with E-state index in [0.717, 1.165) is 13.2 Å². The molecule has 2 rings (SSSR count). The lowest BCUT2D eigenvalue weighted by Gasteiger charge is -2.30. The van der Waals surface area contributed by atoms with Crippen molar-refractivity contribution >= 4 is 0 Å². The first-order chi connectivity index (χ1) is 8.06. The van der Waals surface area contributed by atoms with Gasteiger partial charge in [0.15, 0.2) is 0 Å². The van der Waals surface area contributed by atoms with Crippen LogP contribution in [0.5, 0.6) is 0 Å². The molecule has 1 aliphatic rings. The first kappa shape index (κ1) is 12.6. The Hall–Kier alpha value is -0.860. The monoisotopic (exact) mass is 233 g/mol. The third-order valence-corrected chi connectivity index (χ3v) is 3.98. The van der Waals surface area contributed by atoms with Crippen LogP contribution in [0.3, 0.4) is 0 Å². The standard InChI is InChI=1S/C15H23NO/c1-14(2,11-17-3)12-6-4-5-7-13(12)15(10-16)8-9-15/h4-7H,8-11,16H2,1-3H3. The van der Waals surface area contributed by atoms with Gasteiger partial charge in [0.05, 0.1) is 6.61 Å². The molecule has 0 bridgehead atoms. The minimum atomic E-state index is 0.0517. The van der Waals surface area contributed by atoms with E-state index in [4.69, 9.17) is 10.5 Å². The summed E-state index contributed by atoms with van der Waals surface area (Å²) < 4.78 is 5.35. The predicted octanol–water partition coefficient (Wildman–Crippen LogP) is 2.60. The van der Waals surface area contributed by atoms with Crippen molar-refractivity contribution in [3.63, 3.8) is 0 Å². The highest BCUT2D eigenvalue weighted by Crippen LogP contribution is 2.50. The van der Waals surface area contributed by atoms with Crippen LogP contribution in [0.4, 0.5) is 0 Å². The van der Waals surface area contributed by atoms with Gasteiger partial charge in [-0.3, -0.25) is 0 Å². The molecule has 0 aliphatic heterocycles. The van der Waals surface area contributed by atoms with E-state index in [0.29, 0.717) is 0 Å². The van der Waals surface area contributed by atoms with Crippen LogP contribution in [0.25, 0.3) is 0 Å². The molecule has 0 unspecified atom stereocenters. The van der Waals surface area contributed by atoms with Crippen LogP contribution in [0.1, 0.15) is 37.8 Å². The summed E-state index contributed by atoms with van der Waals surface area (Å²) in [6, 6.07) is 8.71. The van der Waals surface area contributed by atoms with E-state index in [-0.39, 0.29) is 10.8 Å².